The zero-order chi connectivity index (χ0) is 17.0. The van der Waals surface area contributed by atoms with Gasteiger partial charge in [-0.2, -0.15) is 0 Å². The Hall–Kier alpha value is -1.83. The number of primary sulfonamides is 1. The van der Waals surface area contributed by atoms with Crippen LogP contribution in [0.15, 0.2) is 52.3 Å². The number of aryl methyl sites for hydroxylation is 2. The number of amides is 1. The van der Waals surface area contributed by atoms with E-state index in [0.717, 1.165) is 16.0 Å². The summed E-state index contributed by atoms with van der Waals surface area (Å²) in [6, 6.07) is 11.9. The standard InChI is InChI=1S/C16H18N2O3S2/c1-11-3-4-12(2)15(9-11)22-10-16(19)18-13-5-7-14(8-6-13)23(17,20)21/h3-9H,10H2,1-2H3,(H,18,19)(H2,17,20,21). The van der Waals surface area contributed by atoms with Crippen molar-refractivity contribution in [3.63, 3.8) is 0 Å². The van der Waals surface area contributed by atoms with E-state index < -0.39 is 10.0 Å². The third-order valence-electron chi connectivity index (χ3n) is 3.17. The number of nitrogens with two attached hydrogens (primary N) is 1. The summed E-state index contributed by atoms with van der Waals surface area (Å²) >= 11 is 1.47. The second-order valence-electron chi connectivity index (χ2n) is 5.18. The molecule has 0 aliphatic carbocycles. The molecular formula is C16H18N2O3S2. The lowest BCUT2D eigenvalue weighted by atomic mass is 10.2. The lowest BCUT2D eigenvalue weighted by Gasteiger charge is -2.08. The normalized spacial score (nSPS) is 11.3. The van der Waals surface area contributed by atoms with Gasteiger partial charge < -0.3 is 5.32 Å². The summed E-state index contributed by atoms with van der Waals surface area (Å²) in [7, 11) is -3.72. The van der Waals surface area contributed by atoms with Gasteiger partial charge in [-0.25, -0.2) is 13.6 Å². The Bertz CT molecular complexity index is 816. The summed E-state index contributed by atoms with van der Waals surface area (Å²) in [5, 5.41) is 7.76. The van der Waals surface area contributed by atoms with E-state index >= 15 is 0 Å². The molecule has 0 bridgehead atoms. The molecule has 2 aromatic rings. The first-order chi connectivity index (χ1) is 10.8. The van der Waals surface area contributed by atoms with Gasteiger partial charge in [0.2, 0.25) is 15.9 Å². The van der Waals surface area contributed by atoms with Crippen molar-refractivity contribution in [2.75, 3.05) is 11.1 Å². The van der Waals surface area contributed by atoms with E-state index in [-0.39, 0.29) is 16.6 Å². The van der Waals surface area contributed by atoms with Crippen LogP contribution in [0.25, 0.3) is 0 Å². The smallest absolute Gasteiger partial charge is 0.238 e. The predicted octanol–water partition coefficient (Wildman–Crippen LogP) is 2.68. The first kappa shape index (κ1) is 17.5. The van der Waals surface area contributed by atoms with Gasteiger partial charge in [0.05, 0.1) is 10.6 Å². The van der Waals surface area contributed by atoms with E-state index in [1.165, 1.54) is 36.0 Å². The van der Waals surface area contributed by atoms with E-state index in [4.69, 9.17) is 5.14 Å². The van der Waals surface area contributed by atoms with Crippen LogP contribution in [-0.2, 0) is 14.8 Å². The summed E-state index contributed by atoms with van der Waals surface area (Å²) in [5.74, 6) is 0.126. The van der Waals surface area contributed by atoms with Gasteiger partial charge in [0, 0.05) is 10.6 Å². The van der Waals surface area contributed by atoms with E-state index in [0.29, 0.717) is 5.69 Å². The van der Waals surface area contributed by atoms with Gasteiger partial charge in [0.1, 0.15) is 0 Å². The molecule has 3 N–H and O–H groups in total. The van der Waals surface area contributed by atoms with Crippen molar-refractivity contribution in [3.05, 3.63) is 53.6 Å². The van der Waals surface area contributed by atoms with Crippen LogP contribution in [0, 0.1) is 13.8 Å². The number of anilines is 1. The molecule has 0 atom stereocenters. The van der Waals surface area contributed by atoms with Gasteiger partial charge in [0.15, 0.2) is 0 Å². The predicted molar refractivity (Wildman–Crippen MR) is 93.1 cm³/mol. The van der Waals surface area contributed by atoms with E-state index in [2.05, 4.69) is 5.32 Å². The Morgan fingerprint density at radius 2 is 1.78 bits per heavy atom. The number of hydrogen-bond donors (Lipinski definition) is 2. The third kappa shape index (κ3) is 5.09. The summed E-state index contributed by atoms with van der Waals surface area (Å²) < 4.78 is 22.3. The molecular weight excluding hydrogens is 332 g/mol. The van der Waals surface area contributed by atoms with Crippen LogP contribution in [-0.4, -0.2) is 20.1 Å². The molecule has 0 saturated carbocycles. The van der Waals surface area contributed by atoms with Gasteiger partial charge in [-0.15, -0.1) is 11.8 Å². The van der Waals surface area contributed by atoms with Crippen molar-refractivity contribution in [2.24, 2.45) is 5.14 Å². The Kier molecular flexibility index (Phi) is 5.46. The van der Waals surface area contributed by atoms with Crippen molar-refractivity contribution in [2.45, 2.75) is 23.6 Å². The van der Waals surface area contributed by atoms with Crippen LogP contribution in [0.1, 0.15) is 11.1 Å². The van der Waals surface area contributed by atoms with Gasteiger partial charge in [-0.1, -0.05) is 17.7 Å². The summed E-state index contributed by atoms with van der Waals surface area (Å²) in [6.45, 7) is 4.02. The van der Waals surface area contributed by atoms with Crippen LogP contribution in [0.3, 0.4) is 0 Å². The first-order valence-corrected chi connectivity index (χ1v) is 9.41. The van der Waals surface area contributed by atoms with E-state index in [1.807, 2.05) is 32.0 Å². The topological polar surface area (TPSA) is 89.3 Å². The fourth-order valence-corrected chi connectivity index (χ4v) is 3.37. The molecule has 2 rings (SSSR count). The number of carbonyl (C=O) groups is 1. The van der Waals surface area contributed by atoms with Crippen LogP contribution in [0.4, 0.5) is 5.69 Å². The van der Waals surface area contributed by atoms with Crippen LogP contribution >= 0.6 is 11.8 Å². The molecule has 0 radical (unpaired) electrons. The zero-order valence-electron chi connectivity index (χ0n) is 12.9. The molecule has 0 saturated heterocycles. The number of benzene rings is 2. The number of thioether (sulfide) groups is 1. The molecule has 0 aromatic heterocycles. The molecule has 122 valence electrons. The van der Waals surface area contributed by atoms with Crippen LogP contribution in [0.2, 0.25) is 0 Å². The van der Waals surface area contributed by atoms with Gasteiger partial charge >= 0.3 is 0 Å². The summed E-state index contributed by atoms with van der Waals surface area (Å²) in [6.07, 6.45) is 0. The largest absolute Gasteiger partial charge is 0.325 e. The van der Waals surface area contributed by atoms with E-state index in [9.17, 15) is 13.2 Å². The second kappa shape index (κ2) is 7.16. The zero-order valence-corrected chi connectivity index (χ0v) is 14.5. The highest BCUT2D eigenvalue weighted by Crippen LogP contribution is 2.23. The number of rotatable bonds is 5. The Balaban J connectivity index is 1.96. The van der Waals surface area contributed by atoms with Crippen LogP contribution < -0.4 is 10.5 Å². The Morgan fingerprint density at radius 3 is 2.39 bits per heavy atom. The van der Waals surface area contributed by atoms with Gasteiger partial charge in [-0.3, -0.25) is 4.79 Å². The number of hydrogen-bond acceptors (Lipinski definition) is 4. The highest BCUT2D eigenvalue weighted by molar-refractivity contribution is 8.00. The monoisotopic (exact) mass is 350 g/mol. The van der Waals surface area contributed by atoms with Gasteiger partial charge in [-0.05, 0) is 49.7 Å². The fraction of sp³-hybridized carbons (Fsp3) is 0.188. The van der Waals surface area contributed by atoms with Crippen LogP contribution in [0.5, 0.6) is 0 Å². The molecule has 5 nitrogen and oxygen atoms in total. The van der Waals surface area contributed by atoms with Crippen molar-refractivity contribution >= 4 is 33.4 Å². The Morgan fingerprint density at radius 1 is 1.13 bits per heavy atom. The molecule has 23 heavy (non-hydrogen) atoms. The highest BCUT2D eigenvalue weighted by Gasteiger charge is 2.09. The highest BCUT2D eigenvalue weighted by atomic mass is 32.2. The molecule has 0 spiro atoms. The molecule has 0 fully saturated rings. The van der Waals surface area contributed by atoms with E-state index in [1.54, 1.807) is 0 Å². The maximum Gasteiger partial charge on any atom is 0.238 e. The minimum absolute atomic E-state index is 0.0141. The average molecular weight is 350 g/mol. The summed E-state index contributed by atoms with van der Waals surface area (Å²) in [4.78, 5) is 13.1. The Labute approximate surface area is 140 Å². The minimum atomic E-state index is -3.72. The maximum atomic E-state index is 12.0. The molecule has 0 aliphatic heterocycles. The first-order valence-electron chi connectivity index (χ1n) is 6.88. The third-order valence-corrected chi connectivity index (χ3v) is 5.26. The average Bonchev–Trinajstić information content (AvgIpc) is 2.48. The number of sulfonamides is 1. The van der Waals surface area contributed by atoms with Crippen molar-refractivity contribution in [1.82, 2.24) is 0 Å². The maximum absolute atomic E-state index is 12.0. The lowest BCUT2D eigenvalue weighted by molar-refractivity contribution is -0.113. The van der Waals surface area contributed by atoms with Crippen molar-refractivity contribution < 1.29 is 13.2 Å². The van der Waals surface area contributed by atoms with Crippen molar-refractivity contribution in [3.8, 4) is 0 Å². The molecule has 2 aromatic carbocycles. The summed E-state index contributed by atoms with van der Waals surface area (Å²) in [5.41, 5.74) is 2.81. The molecule has 0 heterocycles. The SMILES string of the molecule is Cc1ccc(C)c(SCC(=O)Nc2ccc(S(N)(=O)=O)cc2)c1. The minimum Gasteiger partial charge on any atom is -0.325 e. The van der Waals surface area contributed by atoms with Gasteiger partial charge in [0.25, 0.3) is 0 Å². The molecule has 0 unspecified atom stereocenters. The molecule has 1 amide bonds. The lowest BCUT2D eigenvalue weighted by Crippen LogP contribution is -2.15. The number of nitrogens with one attached hydrogen (secondary N) is 1. The molecule has 7 heteroatoms. The fourth-order valence-electron chi connectivity index (χ4n) is 1.93. The van der Waals surface area contributed by atoms with Crippen molar-refractivity contribution in [1.29, 1.82) is 0 Å². The quantitative estimate of drug-likeness (QED) is 0.811. The number of carbonyl (C=O) groups excluding carboxylic acids is 1. The molecule has 0 aliphatic rings. The second-order valence-corrected chi connectivity index (χ2v) is 7.75.